The molecule has 2 amide bonds. The highest BCUT2D eigenvalue weighted by molar-refractivity contribution is 8.00. The van der Waals surface area contributed by atoms with Gasteiger partial charge in [-0.15, -0.1) is 11.8 Å². The van der Waals surface area contributed by atoms with Gasteiger partial charge in [0, 0.05) is 5.75 Å². The van der Waals surface area contributed by atoms with Crippen LogP contribution in [0.1, 0.15) is 11.5 Å². The Balaban J connectivity index is 1.81. The Bertz CT molecular complexity index is 864. The standard InChI is InChI=1S/C14H15N2O8PS2/c17-3-7-5-27-13-9(11(19)16(13)12(7)25(22,23)24)15-10(18)8(14(20)21)6-1-2-26-4-6/h1-2,4,8-9,13,17H,3,5H2,(H,15,18)(H,20,21)(H2,22,23,24)/t8?,9-,13+/m1/s1. The number of hydrogen-bond acceptors (Lipinski definition) is 7. The smallest absolute Gasteiger partial charge is 0.372 e. The molecule has 0 saturated carbocycles. The third kappa shape index (κ3) is 3.56. The third-order valence-electron chi connectivity index (χ3n) is 4.17. The van der Waals surface area contributed by atoms with Crippen molar-refractivity contribution in [1.29, 1.82) is 0 Å². The van der Waals surface area contributed by atoms with E-state index in [1.807, 2.05) is 0 Å². The molecule has 10 nitrogen and oxygen atoms in total. The van der Waals surface area contributed by atoms with Gasteiger partial charge in [-0.05, 0) is 28.0 Å². The number of amides is 2. The topological polar surface area (TPSA) is 164 Å². The van der Waals surface area contributed by atoms with Crippen molar-refractivity contribution in [3.05, 3.63) is 33.4 Å². The Kier molecular flexibility index (Phi) is 5.48. The molecule has 1 aromatic rings. The molecule has 0 radical (unpaired) electrons. The summed E-state index contributed by atoms with van der Waals surface area (Å²) < 4.78 is 11.7. The number of carbonyl (C=O) groups is 3. The zero-order valence-corrected chi connectivity index (χ0v) is 16.0. The number of thioether (sulfide) groups is 1. The first-order chi connectivity index (χ1) is 12.7. The molecule has 13 heteroatoms. The molecule has 1 aromatic heterocycles. The van der Waals surface area contributed by atoms with Crippen LogP contribution in [0.5, 0.6) is 0 Å². The Labute approximate surface area is 161 Å². The van der Waals surface area contributed by atoms with Crippen LogP contribution in [0.4, 0.5) is 0 Å². The molecule has 1 fully saturated rings. The number of hydrogen-bond donors (Lipinski definition) is 5. The van der Waals surface area contributed by atoms with Gasteiger partial charge in [-0.3, -0.25) is 23.8 Å². The van der Waals surface area contributed by atoms with E-state index in [2.05, 4.69) is 5.32 Å². The van der Waals surface area contributed by atoms with Gasteiger partial charge in [-0.2, -0.15) is 11.3 Å². The van der Waals surface area contributed by atoms with Crippen molar-refractivity contribution < 1.29 is 38.9 Å². The van der Waals surface area contributed by atoms with Gasteiger partial charge < -0.3 is 25.3 Å². The minimum Gasteiger partial charge on any atom is -0.480 e. The normalized spacial score (nSPS) is 23.5. The molecule has 5 N–H and O–H groups in total. The fourth-order valence-electron chi connectivity index (χ4n) is 2.96. The van der Waals surface area contributed by atoms with Crippen LogP contribution >= 0.6 is 30.7 Å². The molecule has 3 heterocycles. The predicted octanol–water partition coefficient (Wildman–Crippen LogP) is -0.302. The lowest BCUT2D eigenvalue weighted by atomic mass is 9.99. The molecule has 0 bridgehead atoms. The zero-order chi connectivity index (χ0) is 19.9. The number of carboxylic acids is 1. The molecule has 0 spiro atoms. The van der Waals surface area contributed by atoms with Crippen LogP contribution in [-0.2, 0) is 18.9 Å². The molecular weight excluding hydrogens is 419 g/mol. The van der Waals surface area contributed by atoms with Crippen LogP contribution < -0.4 is 5.32 Å². The molecule has 1 unspecified atom stereocenters. The lowest BCUT2D eigenvalue weighted by Gasteiger charge is -2.50. The summed E-state index contributed by atoms with van der Waals surface area (Å²) in [5.74, 6) is -4.43. The number of rotatable bonds is 6. The summed E-state index contributed by atoms with van der Waals surface area (Å²) in [6.45, 7) is -0.611. The van der Waals surface area contributed by atoms with Crippen LogP contribution in [-0.4, -0.2) is 66.5 Å². The number of carbonyl (C=O) groups excluding carboxylic acids is 2. The Morgan fingerprint density at radius 1 is 1.41 bits per heavy atom. The number of β-lactam (4-membered cyclic amide) rings is 1. The summed E-state index contributed by atoms with van der Waals surface area (Å²) in [7, 11) is -4.82. The average Bonchev–Trinajstić information content (AvgIpc) is 3.11. The van der Waals surface area contributed by atoms with E-state index in [4.69, 9.17) is 0 Å². The number of nitrogens with zero attached hydrogens (tertiary/aromatic N) is 1. The van der Waals surface area contributed by atoms with E-state index in [1.165, 1.54) is 22.8 Å². The Hall–Kier alpha value is -1.69. The minimum absolute atomic E-state index is 0.0457. The lowest BCUT2D eigenvalue weighted by Crippen LogP contribution is -2.70. The summed E-state index contributed by atoms with van der Waals surface area (Å²) in [5, 5.41) is 23.4. The fraction of sp³-hybridized carbons (Fsp3) is 0.357. The Morgan fingerprint density at radius 2 is 2.11 bits per heavy atom. The van der Waals surface area contributed by atoms with Crippen LogP contribution in [0.25, 0.3) is 0 Å². The number of fused-ring (bicyclic) bond motifs is 1. The predicted molar refractivity (Wildman–Crippen MR) is 95.9 cm³/mol. The molecule has 0 aromatic carbocycles. The van der Waals surface area contributed by atoms with E-state index in [0.29, 0.717) is 0 Å². The van der Waals surface area contributed by atoms with Gasteiger partial charge in [0.15, 0.2) is 5.92 Å². The molecule has 1 saturated heterocycles. The van der Waals surface area contributed by atoms with Crippen molar-refractivity contribution in [3.8, 4) is 0 Å². The van der Waals surface area contributed by atoms with Crippen molar-refractivity contribution in [1.82, 2.24) is 10.2 Å². The number of nitrogens with one attached hydrogen (secondary N) is 1. The van der Waals surface area contributed by atoms with E-state index in [9.17, 15) is 38.9 Å². The molecule has 146 valence electrons. The highest BCUT2D eigenvalue weighted by Gasteiger charge is 2.56. The number of aliphatic carboxylic acids is 1. The summed E-state index contributed by atoms with van der Waals surface area (Å²) in [6, 6.07) is 0.389. The van der Waals surface area contributed by atoms with Gasteiger partial charge in [0.05, 0.1) is 6.61 Å². The maximum atomic E-state index is 12.4. The second kappa shape index (κ2) is 7.38. The molecule has 3 atom stereocenters. The van der Waals surface area contributed by atoms with Gasteiger partial charge in [0.25, 0.3) is 5.91 Å². The first-order valence-corrected chi connectivity index (χ1v) is 11.2. The van der Waals surface area contributed by atoms with E-state index in [-0.39, 0.29) is 16.9 Å². The molecular formula is C14H15N2O8PS2. The second-order valence-electron chi connectivity index (χ2n) is 5.85. The quantitative estimate of drug-likeness (QED) is 0.230. The van der Waals surface area contributed by atoms with Gasteiger partial charge >= 0.3 is 13.6 Å². The van der Waals surface area contributed by atoms with Crippen molar-refractivity contribution >= 4 is 48.5 Å². The zero-order valence-electron chi connectivity index (χ0n) is 13.5. The monoisotopic (exact) mass is 434 g/mol. The van der Waals surface area contributed by atoms with Crippen LogP contribution in [0.2, 0.25) is 0 Å². The van der Waals surface area contributed by atoms with Crippen LogP contribution in [0, 0.1) is 0 Å². The van der Waals surface area contributed by atoms with E-state index >= 15 is 0 Å². The van der Waals surface area contributed by atoms with Crippen molar-refractivity contribution in [3.63, 3.8) is 0 Å². The largest absolute Gasteiger partial charge is 0.480 e. The maximum absolute atomic E-state index is 12.4. The maximum Gasteiger partial charge on any atom is 0.372 e. The number of thiophene rings is 1. The molecule has 27 heavy (non-hydrogen) atoms. The number of aliphatic hydroxyl groups excluding tert-OH is 1. The van der Waals surface area contributed by atoms with Gasteiger partial charge in [0.2, 0.25) is 5.91 Å². The van der Waals surface area contributed by atoms with Gasteiger partial charge in [-0.25, -0.2) is 0 Å². The van der Waals surface area contributed by atoms with Crippen LogP contribution in [0.3, 0.4) is 0 Å². The van der Waals surface area contributed by atoms with Crippen LogP contribution in [0.15, 0.2) is 27.8 Å². The highest BCUT2D eigenvalue weighted by atomic mass is 32.2. The highest BCUT2D eigenvalue weighted by Crippen LogP contribution is 2.55. The SMILES string of the molecule is O=C(O)C(C(=O)N[C@@H]1C(=O)N2C(P(=O)(O)O)=C(CO)CS[C@@H]12)c1ccsc1. The average molecular weight is 434 g/mol. The third-order valence-corrected chi connectivity index (χ3v) is 7.29. The minimum atomic E-state index is -4.82. The first-order valence-electron chi connectivity index (χ1n) is 7.55. The number of aliphatic hydroxyl groups is 1. The van der Waals surface area contributed by atoms with Crippen molar-refractivity contribution in [2.75, 3.05) is 12.4 Å². The summed E-state index contributed by atoms with van der Waals surface area (Å²) in [5.41, 5.74) is -0.218. The van der Waals surface area contributed by atoms with Gasteiger partial charge in [0.1, 0.15) is 16.9 Å². The summed E-state index contributed by atoms with van der Waals surface area (Å²) >= 11 is 2.35. The Morgan fingerprint density at radius 3 is 2.63 bits per heavy atom. The fourth-order valence-corrected chi connectivity index (χ4v) is 6.23. The lowest BCUT2D eigenvalue weighted by molar-refractivity contribution is -0.149. The van der Waals surface area contributed by atoms with E-state index in [0.717, 1.165) is 16.7 Å². The van der Waals surface area contributed by atoms with E-state index < -0.39 is 54.8 Å². The van der Waals surface area contributed by atoms with Crippen molar-refractivity contribution in [2.24, 2.45) is 0 Å². The van der Waals surface area contributed by atoms with Crippen molar-refractivity contribution in [2.45, 2.75) is 17.3 Å². The molecule has 0 aliphatic carbocycles. The van der Waals surface area contributed by atoms with E-state index in [1.54, 1.807) is 5.38 Å². The first kappa shape index (κ1) is 20.1. The summed E-state index contributed by atoms with van der Waals surface area (Å²) in [6.07, 6.45) is 0. The summed E-state index contributed by atoms with van der Waals surface area (Å²) in [4.78, 5) is 56.2. The second-order valence-corrected chi connectivity index (χ2v) is 9.25. The number of carboxylic acid groups (broad SMARTS) is 1. The molecule has 2 aliphatic rings. The molecule has 3 rings (SSSR count). The van der Waals surface area contributed by atoms with Gasteiger partial charge in [-0.1, -0.05) is 0 Å². The molecule has 2 aliphatic heterocycles.